The van der Waals surface area contributed by atoms with Crippen LogP contribution in [0.2, 0.25) is 0 Å². The van der Waals surface area contributed by atoms with E-state index in [0.717, 1.165) is 37.1 Å². The minimum atomic E-state index is 0.447. The Hall–Kier alpha value is -2.96. The fraction of sp³-hybridized carbons (Fsp3) is 0.217. The van der Waals surface area contributed by atoms with Crippen LogP contribution in [0.3, 0.4) is 0 Å². The maximum atomic E-state index is 8.87. The van der Waals surface area contributed by atoms with Gasteiger partial charge in [0.05, 0.1) is 0 Å². The largest absolute Gasteiger partial charge is 0.302 e. The average Bonchev–Trinajstić information content (AvgIpc) is 2.69. The smallest absolute Gasteiger partial charge is 0.140 e. The molecular weight excluding hydrogens is 318 g/mol. The first kappa shape index (κ1) is 17.8. The third kappa shape index (κ3) is 5.02. The number of hydrogen-bond acceptors (Lipinski definition) is 3. The molecule has 1 heterocycles. The summed E-state index contributed by atoms with van der Waals surface area (Å²) in [5, 5.41) is 8.87. The molecule has 0 fully saturated rings. The van der Waals surface area contributed by atoms with E-state index in [2.05, 4.69) is 77.6 Å². The van der Waals surface area contributed by atoms with Gasteiger partial charge >= 0.3 is 0 Å². The van der Waals surface area contributed by atoms with Crippen LogP contribution in [0, 0.1) is 11.3 Å². The molecule has 0 radical (unpaired) electrons. The summed E-state index contributed by atoms with van der Waals surface area (Å²) in [6.07, 6.45) is 4.03. The number of benzene rings is 2. The summed E-state index contributed by atoms with van der Waals surface area (Å²) < 4.78 is 0. The molecule has 0 spiro atoms. The number of aromatic nitrogens is 1. The van der Waals surface area contributed by atoms with E-state index in [4.69, 9.17) is 5.26 Å². The monoisotopic (exact) mass is 341 g/mol. The molecule has 3 nitrogen and oxygen atoms in total. The van der Waals surface area contributed by atoms with Crippen LogP contribution in [-0.4, -0.2) is 23.5 Å². The highest BCUT2D eigenvalue weighted by Gasteiger charge is 2.04. The Morgan fingerprint density at radius 2 is 1.73 bits per heavy atom. The number of hydrogen-bond donors (Lipinski definition) is 0. The molecule has 0 saturated heterocycles. The van der Waals surface area contributed by atoms with Gasteiger partial charge in [-0.25, -0.2) is 4.98 Å². The van der Waals surface area contributed by atoms with Gasteiger partial charge in [-0.1, -0.05) is 48.5 Å². The van der Waals surface area contributed by atoms with Crippen LogP contribution in [0.25, 0.3) is 11.1 Å². The molecule has 0 N–H and O–H groups in total. The third-order valence-corrected chi connectivity index (χ3v) is 4.44. The predicted molar refractivity (Wildman–Crippen MR) is 105 cm³/mol. The molecule has 1 aromatic heterocycles. The van der Waals surface area contributed by atoms with Crippen molar-refractivity contribution < 1.29 is 0 Å². The van der Waals surface area contributed by atoms with E-state index < -0.39 is 0 Å². The van der Waals surface area contributed by atoms with E-state index in [1.54, 1.807) is 12.3 Å². The molecule has 0 aliphatic heterocycles. The summed E-state index contributed by atoms with van der Waals surface area (Å²) in [5.41, 5.74) is 5.31. The zero-order valence-electron chi connectivity index (χ0n) is 15.1. The lowest BCUT2D eigenvalue weighted by molar-refractivity contribution is 0.322. The molecule has 0 amide bonds. The van der Waals surface area contributed by atoms with Crippen molar-refractivity contribution in [2.24, 2.45) is 0 Å². The van der Waals surface area contributed by atoms with Gasteiger partial charge in [0, 0.05) is 18.3 Å². The van der Waals surface area contributed by atoms with Crippen LogP contribution in [0.1, 0.15) is 23.2 Å². The van der Waals surface area contributed by atoms with E-state index >= 15 is 0 Å². The molecule has 0 aliphatic rings. The minimum absolute atomic E-state index is 0.447. The molecule has 3 heteroatoms. The van der Waals surface area contributed by atoms with Gasteiger partial charge in [0.25, 0.3) is 0 Å². The predicted octanol–water partition coefficient (Wildman–Crippen LogP) is 4.68. The highest BCUT2D eigenvalue weighted by molar-refractivity contribution is 5.63. The highest BCUT2D eigenvalue weighted by atomic mass is 15.1. The minimum Gasteiger partial charge on any atom is -0.302 e. The van der Waals surface area contributed by atoms with Gasteiger partial charge in [0.15, 0.2) is 0 Å². The highest BCUT2D eigenvalue weighted by Crippen LogP contribution is 2.20. The lowest BCUT2D eigenvalue weighted by Gasteiger charge is -2.17. The van der Waals surface area contributed by atoms with Crippen molar-refractivity contribution in [2.45, 2.75) is 19.4 Å². The topological polar surface area (TPSA) is 39.9 Å². The molecule has 0 aliphatic carbocycles. The summed E-state index contributed by atoms with van der Waals surface area (Å²) in [4.78, 5) is 6.52. The summed E-state index contributed by atoms with van der Waals surface area (Å²) in [6, 6.07) is 24.9. The number of pyridine rings is 1. The summed E-state index contributed by atoms with van der Waals surface area (Å²) in [6.45, 7) is 1.99. The van der Waals surface area contributed by atoms with Gasteiger partial charge < -0.3 is 4.90 Å². The third-order valence-electron chi connectivity index (χ3n) is 4.44. The van der Waals surface area contributed by atoms with Gasteiger partial charge in [-0.15, -0.1) is 0 Å². The zero-order valence-corrected chi connectivity index (χ0v) is 15.1. The van der Waals surface area contributed by atoms with Crippen molar-refractivity contribution in [3.05, 3.63) is 89.7 Å². The van der Waals surface area contributed by atoms with Crippen LogP contribution < -0.4 is 0 Å². The van der Waals surface area contributed by atoms with E-state index in [9.17, 15) is 0 Å². The van der Waals surface area contributed by atoms with Crippen LogP contribution in [-0.2, 0) is 13.0 Å². The molecule has 3 rings (SSSR count). The van der Waals surface area contributed by atoms with Crippen LogP contribution in [0.5, 0.6) is 0 Å². The second kappa shape index (κ2) is 8.94. The van der Waals surface area contributed by atoms with Crippen molar-refractivity contribution in [1.29, 1.82) is 5.26 Å². The van der Waals surface area contributed by atoms with Crippen LogP contribution >= 0.6 is 0 Å². The molecular formula is C23H23N3. The molecule has 0 atom stereocenters. The van der Waals surface area contributed by atoms with Gasteiger partial charge in [-0.05, 0) is 61.3 Å². The molecule has 0 bridgehead atoms. The van der Waals surface area contributed by atoms with Crippen molar-refractivity contribution >= 4 is 0 Å². The molecule has 130 valence electrons. The van der Waals surface area contributed by atoms with E-state index in [1.165, 1.54) is 11.1 Å². The van der Waals surface area contributed by atoms with E-state index in [0.29, 0.717) is 5.69 Å². The molecule has 2 aromatic carbocycles. The van der Waals surface area contributed by atoms with E-state index in [-0.39, 0.29) is 0 Å². The van der Waals surface area contributed by atoms with Gasteiger partial charge in [0.2, 0.25) is 0 Å². The first-order valence-corrected chi connectivity index (χ1v) is 8.92. The summed E-state index contributed by atoms with van der Waals surface area (Å²) in [5.74, 6) is 0. The molecule has 0 unspecified atom stereocenters. The van der Waals surface area contributed by atoms with Crippen molar-refractivity contribution in [3.63, 3.8) is 0 Å². The summed E-state index contributed by atoms with van der Waals surface area (Å²) in [7, 11) is 2.17. The fourth-order valence-electron chi connectivity index (χ4n) is 3.07. The van der Waals surface area contributed by atoms with Gasteiger partial charge in [-0.2, -0.15) is 5.26 Å². The lowest BCUT2D eigenvalue weighted by atomic mass is 10.0. The normalized spacial score (nSPS) is 10.7. The van der Waals surface area contributed by atoms with E-state index in [1.807, 2.05) is 6.07 Å². The first-order chi connectivity index (χ1) is 12.7. The zero-order chi connectivity index (χ0) is 18.2. The van der Waals surface area contributed by atoms with Crippen molar-refractivity contribution in [1.82, 2.24) is 9.88 Å². The van der Waals surface area contributed by atoms with Gasteiger partial charge in [-0.3, -0.25) is 0 Å². The quantitative estimate of drug-likeness (QED) is 0.626. The Kier molecular flexibility index (Phi) is 6.14. The Bertz CT molecular complexity index is 864. The Balaban J connectivity index is 1.56. The van der Waals surface area contributed by atoms with Crippen LogP contribution in [0.15, 0.2) is 72.9 Å². The number of nitrogens with zero attached hydrogens (tertiary/aromatic N) is 3. The van der Waals surface area contributed by atoms with Crippen molar-refractivity contribution in [3.8, 4) is 17.2 Å². The number of aryl methyl sites for hydroxylation is 1. The SMILES string of the molecule is CN(CCCc1ccccc1)Cc1cccc(-c2ccc(C#N)nc2)c1. The fourth-order valence-corrected chi connectivity index (χ4v) is 3.07. The number of rotatable bonds is 7. The second-order valence-electron chi connectivity index (χ2n) is 6.57. The second-order valence-corrected chi connectivity index (χ2v) is 6.57. The maximum Gasteiger partial charge on any atom is 0.140 e. The number of nitriles is 1. The van der Waals surface area contributed by atoms with Crippen molar-refractivity contribution in [2.75, 3.05) is 13.6 Å². The Morgan fingerprint density at radius 1 is 0.923 bits per heavy atom. The maximum absolute atomic E-state index is 8.87. The van der Waals surface area contributed by atoms with Crippen LogP contribution in [0.4, 0.5) is 0 Å². The van der Waals surface area contributed by atoms with Gasteiger partial charge in [0.1, 0.15) is 11.8 Å². The molecule has 26 heavy (non-hydrogen) atoms. The summed E-state index contributed by atoms with van der Waals surface area (Å²) >= 11 is 0. The molecule has 0 saturated carbocycles. The Morgan fingerprint density at radius 3 is 2.46 bits per heavy atom. The standard InChI is InChI=1S/C23H23N3/c1-26(14-6-10-19-7-3-2-4-8-19)18-20-9-5-11-21(15-20)22-12-13-23(16-24)25-17-22/h2-5,7-9,11-13,15,17H,6,10,14,18H2,1H3. The molecule has 3 aromatic rings. The Labute approximate surface area is 155 Å². The first-order valence-electron chi connectivity index (χ1n) is 8.92. The average molecular weight is 341 g/mol. The lowest BCUT2D eigenvalue weighted by Crippen LogP contribution is -2.19.